The number of carbonyl (C=O) groups excluding carboxylic acids is 1. The van der Waals surface area contributed by atoms with Gasteiger partial charge in [0, 0.05) is 21.6 Å². The molecule has 0 atom stereocenters. The molecule has 3 aromatic rings. The predicted molar refractivity (Wildman–Crippen MR) is 244 cm³/mol. The minimum absolute atomic E-state index is 0.197. The van der Waals surface area contributed by atoms with Crippen molar-refractivity contribution in [2.45, 2.75) is 180 Å². The molecule has 2 fully saturated rings. The summed E-state index contributed by atoms with van der Waals surface area (Å²) in [6.45, 7) is 26.0. The van der Waals surface area contributed by atoms with Crippen LogP contribution in [0.5, 0.6) is 5.75 Å². The first-order chi connectivity index (χ1) is 26.2. The summed E-state index contributed by atoms with van der Waals surface area (Å²) >= 11 is 5.35. The van der Waals surface area contributed by atoms with Crippen molar-refractivity contribution in [3.63, 3.8) is 0 Å². The van der Waals surface area contributed by atoms with Gasteiger partial charge in [0.2, 0.25) is 0 Å². The summed E-state index contributed by atoms with van der Waals surface area (Å²) < 4.78 is 11.9. The summed E-state index contributed by atoms with van der Waals surface area (Å²) in [6, 6.07) is 22.9. The van der Waals surface area contributed by atoms with Crippen LogP contribution in [0.15, 0.2) is 54.6 Å². The third kappa shape index (κ3) is 14.8. The number of hydrogen-bond acceptors (Lipinski definition) is 3. The molecule has 0 saturated heterocycles. The second-order valence-corrected chi connectivity index (χ2v) is 26.9. The van der Waals surface area contributed by atoms with Gasteiger partial charge < -0.3 is 9.47 Å². The van der Waals surface area contributed by atoms with Gasteiger partial charge in [-0.2, -0.15) is 30.3 Å². The first kappa shape index (κ1) is 48.1. The topological polar surface area (TPSA) is 35.5 Å². The molecule has 3 aromatic carbocycles. The monoisotopic (exact) mass is 941 g/mol. The molecule has 7 heteroatoms. The van der Waals surface area contributed by atoms with Gasteiger partial charge in [0.25, 0.3) is 0 Å². The molecule has 55 heavy (non-hydrogen) atoms. The first-order valence-corrected chi connectivity index (χ1v) is 30.2. The third-order valence-corrected chi connectivity index (χ3v) is 16.9. The Kier molecular flexibility index (Phi) is 20.9. The number of carbonyl (C=O) groups is 1. The normalized spacial score (nSPS) is 15.5. The van der Waals surface area contributed by atoms with E-state index in [-0.39, 0.29) is 12.1 Å². The van der Waals surface area contributed by atoms with Crippen LogP contribution >= 0.6 is 21.4 Å². The van der Waals surface area contributed by atoms with Crippen molar-refractivity contribution in [1.82, 2.24) is 0 Å². The number of hydrogen-bond donors (Lipinski definition) is 0. The van der Waals surface area contributed by atoms with E-state index in [2.05, 4.69) is 142 Å². The van der Waals surface area contributed by atoms with Gasteiger partial charge in [0.15, 0.2) is 5.75 Å². The van der Waals surface area contributed by atoms with Gasteiger partial charge in [-0.05, 0) is 123 Å². The van der Waals surface area contributed by atoms with Crippen molar-refractivity contribution in [2.75, 3.05) is 6.61 Å². The third-order valence-electron chi connectivity index (χ3n) is 11.2. The van der Waals surface area contributed by atoms with Gasteiger partial charge in [-0.15, -0.1) is 0 Å². The Balaban J connectivity index is 0.000000400. The van der Waals surface area contributed by atoms with Crippen molar-refractivity contribution >= 4 is 40.7 Å². The van der Waals surface area contributed by atoms with Crippen molar-refractivity contribution in [3.05, 3.63) is 82.9 Å². The van der Waals surface area contributed by atoms with Crippen molar-refractivity contribution < 1.29 is 31.5 Å². The van der Waals surface area contributed by atoms with Crippen LogP contribution < -0.4 is 10.0 Å². The van der Waals surface area contributed by atoms with E-state index in [1.807, 2.05) is 0 Å². The second kappa shape index (κ2) is 24.0. The number of esters is 1. The van der Waals surface area contributed by atoms with E-state index in [1.165, 1.54) is 97.8 Å². The molecule has 0 heterocycles. The Labute approximate surface area is 356 Å². The molecule has 5 rings (SSSR count). The van der Waals surface area contributed by atoms with Crippen molar-refractivity contribution in [2.24, 2.45) is 0 Å². The second-order valence-electron chi connectivity index (χ2n) is 18.2. The first-order valence-electron chi connectivity index (χ1n) is 21.3. The molecule has 0 amide bonds. The number of ether oxygens (including phenoxy) is 2. The van der Waals surface area contributed by atoms with Gasteiger partial charge >= 0.3 is 36.6 Å². The molecule has 308 valence electrons. The standard InChI is InChI=1S/C36H55OP.C12H17O2Si.BrH.Pd/c1-24(2)28-22-32(25(3)4)35(33(23-28)26(5)6)31-20-15-21-34(37-27(7)8)36(31)38(29-16-11-9-12-17-29)30-18-13-10-14-19-30;1-15(2,3)10-9-14-12(13)11-7-5-4-6-8-11;;/h15,20-27,29-30H,9-14,16-19H2,1-8H3;5-8H,9-10H2,1-3H3;1H;/q;-1;;+2. The molecule has 0 radical (unpaired) electrons. The van der Waals surface area contributed by atoms with Crippen LogP contribution in [-0.4, -0.2) is 38.1 Å². The summed E-state index contributed by atoms with van der Waals surface area (Å²) in [7, 11) is -1.92. The van der Waals surface area contributed by atoms with E-state index in [1.54, 1.807) is 29.6 Å². The summed E-state index contributed by atoms with van der Waals surface area (Å²) in [5.41, 5.74) is 9.99. The molecule has 3 nitrogen and oxygen atoms in total. The Morgan fingerprint density at radius 3 is 1.73 bits per heavy atom. The Morgan fingerprint density at radius 1 is 0.782 bits per heavy atom. The summed E-state index contributed by atoms with van der Waals surface area (Å²) in [5.74, 6) is 2.49. The van der Waals surface area contributed by atoms with Crippen molar-refractivity contribution in [1.29, 1.82) is 0 Å². The fourth-order valence-electron chi connectivity index (χ4n) is 8.28. The van der Waals surface area contributed by atoms with Crippen LogP contribution in [0, 0.1) is 6.07 Å². The van der Waals surface area contributed by atoms with E-state index in [0.717, 1.165) is 17.4 Å². The van der Waals surface area contributed by atoms with E-state index in [4.69, 9.17) is 9.47 Å². The minimum atomic E-state index is -1.11. The maximum absolute atomic E-state index is 11.5. The van der Waals surface area contributed by atoms with Gasteiger partial charge in [0.05, 0.1) is 24.0 Å². The molecule has 0 aromatic heterocycles. The Morgan fingerprint density at radius 2 is 1.29 bits per heavy atom. The molecule has 0 aliphatic heterocycles. The van der Waals surface area contributed by atoms with Gasteiger partial charge in [-0.1, -0.05) is 98.3 Å². The molecule has 0 spiro atoms. The SMILES string of the molecule is CC(C)Oc1cccc(-c2c(C(C)C)cc(C(C)C)cc2C(C)C)c1[PH+](C1CCCCC1)C1CCCCC1.C[Si](C)(C)CCOC(=O)c1cc[c-]cc1.[Br][Pd+]. The average Bonchev–Trinajstić information content (AvgIpc) is 3.16. The molecule has 2 saturated carbocycles. The number of rotatable bonds is 13. The molecule has 0 bridgehead atoms. The molecule has 2 aliphatic carbocycles. The number of benzene rings is 3. The Bertz CT molecular complexity index is 1530. The van der Waals surface area contributed by atoms with Crippen LogP contribution in [0.1, 0.15) is 164 Å². The molecule has 0 N–H and O–H groups in total. The predicted octanol–water partition coefficient (Wildman–Crippen LogP) is 14.8. The van der Waals surface area contributed by atoms with E-state index in [0.29, 0.717) is 29.9 Å². The molecule has 2 aliphatic rings. The zero-order valence-corrected chi connectivity index (χ0v) is 41.2. The van der Waals surface area contributed by atoms with Crippen LogP contribution in [0.2, 0.25) is 25.7 Å². The molecular formula is C48H73BrO3PPdSi+. The van der Waals surface area contributed by atoms with Gasteiger partial charge in [-0.3, -0.25) is 0 Å². The van der Waals surface area contributed by atoms with Gasteiger partial charge in [0.1, 0.15) is 5.30 Å². The zero-order valence-electron chi connectivity index (χ0n) is 36.1. The number of halogens is 1. The summed E-state index contributed by atoms with van der Waals surface area (Å²) in [6.07, 6.45) is 14.5. The fraction of sp³-hybridized carbons (Fsp3) is 0.604. The molecular weight excluding hydrogens is 870 g/mol. The Hall–Kier alpha value is -1.28. The van der Waals surface area contributed by atoms with Crippen LogP contribution in [0.3, 0.4) is 0 Å². The fourth-order valence-corrected chi connectivity index (χ4v) is 13.5. The summed E-state index contributed by atoms with van der Waals surface area (Å²) in [5, 5.41) is 1.66. The van der Waals surface area contributed by atoms with Crippen LogP contribution in [0.4, 0.5) is 0 Å². The van der Waals surface area contributed by atoms with E-state index < -0.39 is 16.0 Å². The molecule has 0 unspecified atom stereocenters. The maximum atomic E-state index is 11.5. The zero-order chi connectivity index (χ0) is 40.7. The summed E-state index contributed by atoms with van der Waals surface area (Å²) in [4.78, 5) is 11.5. The van der Waals surface area contributed by atoms with Gasteiger partial charge in [-0.25, -0.2) is 4.79 Å². The van der Waals surface area contributed by atoms with Crippen LogP contribution in [0.25, 0.3) is 11.1 Å². The van der Waals surface area contributed by atoms with E-state index in [9.17, 15) is 4.79 Å². The quantitative estimate of drug-likeness (QED) is 0.0741. The average molecular weight is 943 g/mol. The van der Waals surface area contributed by atoms with Crippen LogP contribution in [-0.2, 0) is 21.9 Å². The van der Waals surface area contributed by atoms with Crippen molar-refractivity contribution in [3.8, 4) is 16.9 Å². The van der Waals surface area contributed by atoms with E-state index >= 15 is 0 Å².